The van der Waals surface area contributed by atoms with Crippen LogP contribution in [0.4, 0.5) is 0 Å². The van der Waals surface area contributed by atoms with Crippen LogP contribution in [0.1, 0.15) is 17.8 Å². The van der Waals surface area contributed by atoms with Crippen LogP contribution in [0.2, 0.25) is 10.0 Å². The quantitative estimate of drug-likeness (QED) is 0.380. The van der Waals surface area contributed by atoms with Gasteiger partial charge in [-0.3, -0.25) is 9.59 Å². The topological polar surface area (TPSA) is 153 Å². The Morgan fingerprint density at radius 1 is 1.15 bits per heavy atom. The van der Waals surface area contributed by atoms with E-state index in [1.165, 1.54) is 31.4 Å². The number of hydrogen-bond donors (Lipinski definition) is 2. The predicted octanol–water partition coefficient (Wildman–Crippen LogP) is 1.97. The molecule has 0 spiro atoms. The molecule has 1 heterocycles. The number of tetrazole rings is 1. The number of carboxylic acids is 1. The van der Waals surface area contributed by atoms with Crippen LogP contribution in [0.15, 0.2) is 47.4 Å². The third kappa shape index (κ3) is 6.50. The number of benzene rings is 2. The molecule has 11 nitrogen and oxygen atoms in total. The highest BCUT2D eigenvalue weighted by Crippen LogP contribution is 2.25. The first-order valence-corrected chi connectivity index (χ1v) is 11.9. The maximum absolute atomic E-state index is 12.8. The number of ether oxygens (including phenoxy) is 1. The molecular weight excluding hydrogens is 509 g/mol. The Hall–Kier alpha value is -3.06. The summed E-state index contributed by atoms with van der Waals surface area (Å²) < 4.78 is 32.5. The van der Waals surface area contributed by atoms with Gasteiger partial charge in [-0.2, -0.15) is 9.52 Å². The maximum atomic E-state index is 12.8. The molecule has 2 N–H and O–H groups in total. The SMILES string of the molecule is COc1ccc(S(=O)(=O)NC(CC(=O)O)C(=O)Cn2nnc(Cc3c(Cl)cccc3Cl)n2)cc1. The number of carbonyl (C=O) groups is 2. The molecule has 14 heteroatoms. The normalized spacial score (nSPS) is 12.3. The number of methoxy groups -OCH3 is 1. The van der Waals surface area contributed by atoms with Gasteiger partial charge in [0.05, 0.1) is 24.5 Å². The van der Waals surface area contributed by atoms with Crippen molar-refractivity contribution < 1.29 is 27.9 Å². The molecule has 0 aliphatic heterocycles. The molecule has 3 aromatic rings. The molecule has 0 radical (unpaired) electrons. The number of ketones is 1. The third-order valence-electron chi connectivity index (χ3n) is 4.62. The van der Waals surface area contributed by atoms with Crippen LogP contribution in [0.5, 0.6) is 5.75 Å². The monoisotopic (exact) mass is 527 g/mol. The number of aromatic nitrogens is 4. The van der Waals surface area contributed by atoms with Gasteiger partial charge in [-0.25, -0.2) is 8.42 Å². The maximum Gasteiger partial charge on any atom is 0.305 e. The van der Waals surface area contributed by atoms with Crippen molar-refractivity contribution in [1.29, 1.82) is 0 Å². The summed E-state index contributed by atoms with van der Waals surface area (Å²) in [4.78, 5) is 24.8. The molecule has 0 aliphatic carbocycles. The summed E-state index contributed by atoms with van der Waals surface area (Å²) in [6, 6.07) is 8.83. The average molecular weight is 528 g/mol. The molecule has 0 aliphatic rings. The predicted molar refractivity (Wildman–Crippen MR) is 121 cm³/mol. The van der Waals surface area contributed by atoms with Crippen LogP contribution in [-0.2, 0) is 32.6 Å². The zero-order valence-corrected chi connectivity index (χ0v) is 20.0. The molecule has 0 bridgehead atoms. The fourth-order valence-corrected chi connectivity index (χ4v) is 4.68. The van der Waals surface area contributed by atoms with Crippen molar-refractivity contribution in [3.05, 3.63) is 63.9 Å². The molecular formula is C20H19Cl2N5O6S. The molecule has 1 aromatic heterocycles. The second-order valence-electron chi connectivity index (χ2n) is 7.03. The van der Waals surface area contributed by atoms with E-state index in [1.54, 1.807) is 18.2 Å². The van der Waals surface area contributed by atoms with Gasteiger partial charge in [-0.1, -0.05) is 29.3 Å². The summed E-state index contributed by atoms with van der Waals surface area (Å²) in [7, 11) is -2.77. The van der Waals surface area contributed by atoms with Gasteiger partial charge >= 0.3 is 5.97 Å². The summed E-state index contributed by atoms with van der Waals surface area (Å²) in [5.41, 5.74) is 0.577. The zero-order chi connectivity index (χ0) is 24.9. The second kappa shape index (κ2) is 10.9. The Balaban J connectivity index is 1.74. The van der Waals surface area contributed by atoms with Crippen LogP contribution in [-0.4, -0.2) is 58.6 Å². The third-order valence-corrected chi connectivity index (χ3v) is 6.82. The number of nitrogens with one attached hydrogen (secondary N) is 1. The van der Waals surface area contributed by atoms with Gasteiger partial charge in [0, 0.05) is 16.5 Å². The highest BCUT2D eigenvalue weighted by molar-refractivity contribution is 7.89. The van der Waals surface area contributed by atoms with E-state index in [-0.39, 0.29) is 17.1 Å². The molecule has 0 amide bonds. The summed E-state index contributed by atoms with van der Waals surface area (Å²) in [5.74, 6) is -1.48. The lowest BCUT2D eigenvalue weighted by molar-refractivity contribution is -0.139. The molecule has 3 rings (SSSR count). The number of Topliss-reactive ketones (excluding diaryl/α,β-unsaturated/α-hetero) is 1. The van der Waals surface area contributed by atoms with E-state index in [2.05, 4.69) is 20.1 Å². The minimum absolute atomic E-state index is 0.148. The molecule has 0 fully saturated rings. The van der Waals surface area contributed by atoms with E-state index >= 15 is 0 Å². The molecule has 1 atom stereocenters. The summed E-state index contributed by atoms with van der Waals surface area (Å²) >= 11 is 12.3. The lowest BCUT2D eigenvalue weighted by atomic mass is 10.1. The largest absolute Gasteiger partial charge is 0.497 e. The lowest BCUT2D eigenvalue weighted by Gasteiger charge is -2.16. The van der Waals surface area contributed by atoms with E-state index in [9.17, 15) is 23.1 Å². The molecule has 34 heavy (non-hydrogen) atoms. The van der Waals surface area contributed by atoms with Crippen LogP contribution < -0.4 is 9.46 Å². The lowest BCUT2D eigenvalue weighted by Crippen LogP contribution is -2.43. The van der Waals surface area contributed by atoms with Crippen LogP contribution >= 0.6 is 23.2 Å². The van der Waals surface area contributed by atoms with Crippen LogP contribution in [0.3, 0.4) is 0 Å². The minimum atomic E-state index is -4.20. The van der Waals surface area contributed by atoms with E-state index in [0.29, 0.717) is 21.4 Å². The van der Waals surface area contributed by atoms with Gasteiger partial charge in [0.2, 0.25) is 10.0 Å². The number of rotatable bonds is 11. The van der Waals surface area contributed by atoms with Gasteiger partial charge < -0.3 is 9.84 Å². The fourth-order valence-electron chi connectivity index (χ4n) is 2.93. The van der Waals surface area contributed by atoms with E-state index in [0.717, 1.165) is 4.80 Å². The van der Waals surface area contributed by atoms with E-state index in [4.69, 9.17) is 27.9 Å². The highest BCUT2D eigenvalue weighted by atomic mass is 35.5. The highest BCUT2D eigenvalue weighted by Gasteiger charge is 2.28. The Bertz CT molecular complexity index is 1280. The molecule has 0 saturated carbocycles. The van der Waals surface area contributed by atoms with Gasteiger partial charge in [-0.05, 0) is 47.2 Å². The fraction of sp³-hybridized carbons (Fsp3) is 0.250. The number of carbonyl (C=O) groups excluding carboxylic acids is 1. The molecule has 0 saturated heterocycles. The summed E-state index contributed by atoms with van der Waals surface area (Å²) in [5, 5.41) is 21.7. The smallest absolute Gasteiger partial charge is 0.305 e. The van der Waals surface area contributed by atoms with Crippen molar-refractivity contribution in [2.75, 3.05) is 7.11 Å². The molecule has 1 unspecified atom stereocenters. The van der Waals surface area contributed by atoms with Crippen molar-refractivity contribution in [2.45, 2.75) is 30.3 Å². The first kappa shape index (κ1) is 25.6. The average Bonchev–Trinajstić information content (AvgIpc) is 3.22. The first-order valence-electron chi connectivity index (χ1n) is 9.69. The second-order valence-corrected chi connectivity index (χ2v) is 9.56. The van der Waals surface area contributed by atoms with Crippen molar-refractivity contribution >= 4 is 45.0 Å². The van der Waals surface area contributed by atoms with Crippen LogP contribution in [0, 0.1) is 0 Å². The Kier molecular flexibility index (Phi) is 8.20. The number of nitrogens with zero attached hydrogens (tertiary/aromatic N) is 4. The summed E-state index contributed by atoms with van der Waals surface area (Å²) in [6.07, 6.45) is -0.625. The number of carboxylic acid groups (broad SMARTS) is 1. The molecule has 180 valence electrons. The summed E-state index contributed by atoms with van der Waals surface area (Å²) in [6.45, 7) is -0.508. The first-order chi connectivity index (χ1) is 16.1. The van der Waals surface area contributed by atoms with Crippen molar-refractivity contribution in [2.24, 2.45) is 0 Å². The Morgan fingerprint density at radius 3 is 2.38 bits per heavy atom. The van der Waals surface area contributed by atoms with E-state index < -0.39 is 40.8 Å². The van der Waals surface area contributed by atoms with Gasteiger partial charge in [0.15, 0.2) is 11.6 Å². The van der Waals surface area contributed by atoms with Gasteiger partial charge in [0.25, 0.3) is 0 Å². The van der Waals surface area contributed by atoms with Crippen molar-refractivity contribution in [1.82, 2.24) is 24.9 Å². The number of sulfonamides is 1. The Labute approximate surface area is 204 Å². The van der Waals surface area contributed by atoms with Crippen molar-refractivity contribution in [3.8, 4) is 5.75 Å². The standard InChI is InChI=1S/C20H19Cl2N5O6S/c1-33-12-5-7-13(8-6-12)34(31,32)25-17(10-20(29)30)18(28)11-27-24-19(23-26-27)9-14-15(21)3-2-4-16(14)22/h2-8,17,25H,9-11H2,1H3,(H,29,30). The molecule has 2 aromatic carbocycles. The van der Waals surface area contributed by atoms with Crippen molar-refractivity contribution in [3.63, 3.8) is 0 Å². The zero-order valence-electron chi connectivity index (χ0n) is 17.7. The number of aliphatic carboxylic acids is 1. The Morgan fingerprint density at radius 2 is 1.79 bits per heavy atom. The van der Waals surface area contributed by atoms with Gasteiger partial charge in [0.1, 0.15) is 12.3 Å². The minimum Gasteiger partial charge on any atom is -0.497 e. The number of hydrogen-bond acceptors (Lipinski definition) is 8. The van der Waals surface area contributed by atoms with E-state index in [1.807, 2.05) is 0 Å². The number of halogens is 2. The van der Waals surface area contributed by atoms with Crippen LogP contribution in [0.25, 0.3) is 0 Å². The van der Waals surface area contributed by atoms with Gasteiger partial charge in [-0.15, -0.1) is 10.2 Å².